The fourth-order valence-corrected chi connectivity index (χ4v) is 2.71. The van der Waals surface area contributed by atoms with Crippen molar-refractivity contribution in [1.29, 1.82) is 0 Å². The third-order valence-corrected chi connectivity index (χ3v) is 3.92. The Morgan fingerprint density at radius 2 is 1.96 bits per heavy atom. The lowest BCUT2D eigenvalue weighted by atomic mass is 9.99. The number of methoxy groups -OCH3 is 1. The van der Waals surface area contributed by atoms with E-state index in [9.17, 15) is 9.59 Å². The highest BCUT2D eigenvalue weighted by atomic mass is 16.5. The number of aldehydes is 1. The zero-order valence-corrected chi connectivity index (χ0v) is 13.0. The average molecular weight is 308 g/mol. The fourth-order valence-electron chi connectivity index (χ4n) is 2.71. The summed E-state index contributed by atoms with van der Waals surface area (Å²) in [6.45, 7) is 1.85. The molecule has 0 spiro atoms. The van der Waals surface area contributed by atoms with E-state index in [1.165, 1.54) is 6.26 Å². The molecule has 2 aromatic carbocycles. The van der Waals surface area contributed by atoms with Crippen molar-refractivity contribution in [2.75, 3.05) is 7.11 Å². The topological polar surface area (TPSA) is 56.5 Å². The molecule has 0 amide bonds. The highest BCUT2D eigenvalue weighted by molar-refractivity contribution is 5.82. The molecule has 4 nitrogen and oxygen atoms in total. The second-order valence-electron chi connectivity index (χ2n) is 5.40. The van der Waals surface area contributed by atoms with E-state index in [-0.39, 0.29) is 5.43 Å². The molecule has 0 bridgehead atoms. The summed E-state index contributed by atoms with van der Waals surface area (Å²) < 4.78 is 10.8. The number of carbonyl (C=O) groups is 1. The van der Waals surface area contributed by atoms with Crippen LogP contribution in [0.15, 0.2) is 51.9 Å². The molecular weight excluding hydrogens is 292 g/mol. The molecule has 0 fully saturated rings. The third-order valence-electron chi connectivity index (χ3n) is 3.92. The molecule has 3 rings (SSSR count). The molecule has 0 unspecified atom stereocenters. The van der Waals surface area contributed by atoms with Crippen LogP contribution in [0.25, 0.3) is 11.0 Å². The van der Waals surface area contributed by atoms with Gasteiger partial charge in [-0.2, -0.15) is 0 Å². The SMILES string of the molecule is COc1cc(C)c2c(=O)c(Cc3ccccc3C=O)coc2c1. The zero-order chi connectivity index (χ0) is 16.4. The van der Waals surface area contributed by atoms with Crippen LogP contribution in [0.1, 0.15) is 27.0 Å². The number of benzene rings is 2. The van der Waals surface area contributed by atoms with Gasteiger partial charge in [-0.25, -0.2) is 0 Å². The van der Waals surface area contributed by atoms with Crippen LogP contribution in [-0.2, 0) is 6.42 Å². The van der Waals surface area contributed by atoms with Gasteiger partial charge in [0.05, 0.1) is 18.8 Å². The van der Waals surface area contributed by atoms with E-state index in [0.29, 0.717) is 34.3 Å². The maximum atomic E-state index is 12.8. The Labute approximate surface area is 133 Å². The summed E-state index contributed by atoms with van der Waals surface area (Å²) >= 11 is 0. The molecule has 23 heavy (non-hydrogen) atoms. The number of rotatable bonds is 4. The Morgan fingerprint density at radius 1 is 1.17 bits per heavy atom. The molecule has 0 saturated carbocycles. The summed E-state index contributed by atoms with van der Waals surface area (Å²) in [5.74, 6) is 0.650. The van der Waals surface area contributed by atoms with E-state index >= 15 is 0 Å². The van der Waals surface area contributed by atoms with Gasteiger partial charge in [0.1, 0.15) is 17.6 Å². The van der Waals surface area contributed by atoms with E-state index < -0.39 is 0 Å². The summed E-state index contributed by atoms with van der Waals surface area (Å²) in [5, 5.41) is 0.548. The summed E-state index contributed by atoms with van der Waals surface area (Å²) in [4.78, 5) is 23.9. The monoisotopic (exact) mass is 308 g/mol. The van der Waals surface area contributed by atoms with Gasteiger partial charge in [-0.05, 0) is 24.1 Å². The number of aryl methyl sites for hydroxylation is 1. The van der Waals surface area contributed by atoms with Crippen LogP contribution in [0.5, 0.6) is 5.75 Å². The lowest BCUT2D eigenvalue weighted by Crippen LogP contribution is -2.11. The Bertz CT molecular complexity index is 938. The summed E-state index contributed by atoms with van der Waals surface area (Å²) in [6.07, 6.45) is 2.62. The van der Waals surface area contributed by atoms with Crippen molar-refractivity contribution in [2.24, 2.45) is 0 Å². The molecule has 1 heterocycles. The molecule has 0 atom stereocenters. The first-order valence-corrected chi connectivity index (χ1v) is 7.26. The van der Waals surface area contributed by atoms with Crippen LogP contribution < -0.4 is 10.2 Å². The maximum absolute atomic E-state index is 12.8. The Hall–Kier alpha value is -2.88. The third kappa shape index (κ3) is 2.75. The second kappa shape index (κ2) is 6.08. The lowest BCUT2D eigenvalue weighted by molar-refractivity contribution is 0.112. The van der Waals surface area contributed by atoms with E-state index in [1.807, 2.05) is 25.1 Å². The molecule has 0 radical (unpaired) electrons. The van der Waals surface area contributed by atoms with Crippen LogP contribution in [0, 0.1) is 6.92 Å². The molecule has 0 N–H and O–H groups in total. The number of carbonyl (C=O) groups excluding carboxylic acids is 1. The second-order valence-corrected chi connectivity index (χ2v) is 5.40. The standard InChI is InChI=1S/C19H16O4/c1-12-7-16(22-2)9-17-18(12)19(21)15(11-23-17)8-13-5-3-4-6-14(13)10-20/h3-7,9-11H,8H2,1-2H3. The fraction of sp³-hybridized carbons (Fsp3) is 0.158. The normalized spacial score (nSPS) is 10.7. The first kappa shape index (κ1) is 15.0. The van der Waals surface area contributed by atoms with Crippen LogP contribution in [-0.4, -0.2) is 13.4 Å². The first-order valence-electron chi connectivity index (χ1n) is 7.26. The van der Waals surface area contributed by atoms with Crippen LogP contribution >= 0.6 is 0 Å². The van der Waals surface area contributed by atoms with Crippen LogP contribution in [0.2, 0.25) is 0 Å². The van der Waals surface area contributed by atoms with Gasteiger partial charge in [0, 0.05) is 23.6 Å². The minimum atomic E-state index is -0.0768. The van der Waals surface area contributed by atoms with Crippen LogP contribution in [0.4, 0.5) is 0 Å². The Morgan fingerprint density at radius 3 is 2.70 bits per heavy atom. The van der Waals surface area contributed by atoms with Crippen molar-refractivity contribution in [3.05, 3.63) is 75.1 Å². The smallest absolute Gasteiger partial charge is 0.196 e. The van der Waals surface area contributed by atoms with Gasteiger partial charge in [-0.15, -0.1) is 0 Å². The van der Waals surface area contributed by atoms with Crippen molar-refractivity contribution in [2.45, 2.75) is 13.3 Å². The Balaban J connectivity index is 2.13. The van der Waals surface area contributed by atoms with Gasteiger partial charge in [0.2, 0.25) is 0 Å². The first-order chi connectivity index (χ1) is 11.1. The number of hydrogen-bond donors (Lipinski definition) is 0. The number of hydrogen-bond acceptors (Lipinski definition) is 4. The molecule has 0 aliphatic heterocycles. The highest BCUT2D eigenvalue weighted by Gasteiger charge is 2.13. The summed E-state index contributed by atoms with van der Waals surface area (Å²) in [6, 6.07) is 10.7. The van der Waals surface area contributed by atoms with Gasteiger partial charge >= 0.3 is 0 Å². The lowest BCUT2D eigenvalue weighted by Gasteiger charge is -2.08. The molecule has 116 valence electrons. The predicted octanol–water partition coefficient (Wildman–Crippen LogP) is 3.51. The van der Waals surface area contributed by atoms with E-state index in [4.69, 9.17) is 9.15 Å². The minimum Gasteiger partial charge on any atom is -0.497 e. The summed E-state index contributed by atoms with van der Waals surface area (Å²) in [5.41, 5.74) is 3.14. The minimum absolute atomic E-state index is 0.0768. The Kier molecular flexibility index (Phi) is 3.98. The molecule has 0 aliphatic carbocycles. The van der Waals surface area contributed by atoms with E-state index in [1.54, 1.807) is 25.3 Å². The number of fused-ring (bicyclic) bond motifs is 1. The molecule has 0 aliphatic rings. The van der Waals surface area contributed by atoms with Crippen molar-refractivity contribution in [3.63, 3.8) is 0 Å². The molecule has 4 heteroatoms. The largest absolute Gasteiger partial charge is 0.497 e. The van der Waals surface area contributed by atoms with Gasteiger partial charge in [-0.1, -0.05) is 24.3 Å². The quantitative estimate of drug-likeness (QED) is 0.692. The van der Waals surface area contributed by atoms with Gasteiger partial charge in [-0.3, -0.25) is 9.59 Å². The van der Waals surface area contributed by atoms with Crippen molar-refractivity contribution < 1.29 is 13.9 Å². The molecular formula is C19H16O4. The van der Waals surface area contributed by atoms with Crippen molar-refractivity contribution in [1.82, 2.24) is 0 Å². The molecule has 0 saturated heterocycles. The van der Waals surface area contributed by atoms with Gasteiger partial charge in [0.25, 0.3) is 0 Å². The predicted molar refractivity (Wildman–Crippen MR) is 88.4 cm³/mol. The van der Waals surface area contributed by atoms with E-state index in [2.05, 4.69) is 0 Å². The molecule has 3 aromatic rings. The maximum Gasteiger partial charge on any atom is 0.196 e. The van der Waals surface area contributed by atoms with E-state index in [0.717, 1.165) is 17.4 Å². The molecule has 1 aromatic heterocycles. The van der Waals surface area contributed by atoms with Gasteiger partial charge in [0.15, 0.2) is 5.43 Å². The zero-order valence-electron chi connectivity index (χ0n) is 13.0. The average Bonchev–Trinajstić information content (AvgIpc) is 2.57. The summed E-state index contributed by atoms with van der Waals surface area (Å²) in [7, 11) is 1.57. The van der Waals surface area contributed by atoms with Gasteiger partial charge < -0.3 is 9.15 Å². The van der Waals surface area contributed by atoms with Crippen LogP contribution in [0.3, 0.4) is 0 Å². The van der Waals surface area contributed by atoms with Crippen molar-refractivity contribution >= 4 is 17.3 Å². The van der Waals surface area contributed by atoms with Crippen molar-refractivity contribution in [3.8, 4) is 5.75 Å². The highest BCUT2D eigenvalue weighted by Crippen LogP contribution is 2.23. The number of ether oxygens (including phenoxy) is 1.